The molecule has 0 aromatic heterocycles. The average Bonchev–Trinajstić information content (AvgIpc) is 2.95. The van der Waals surface area contributed by atoms with Crippen molar-refractivity contribution < 1.29 is 14.3 Å². The van der Waals surface area contributed by atoms with Gasteiger partial charge in [0.25, 0.3) is 0 Å². The molecule has 0 radical (unpaired) electrons. The number of hydrogen-bond donors (Lipinski definition) is 2. The Morgan fingerprint density at radius 2 is 2.19 bits per heavy atom. The third-order valence-electron chi connectivity index (χ3n) is 3.92. The van der Waals surface area contributed by atoms with Crippen molar-refractivity contribution in [2.75, 3.05) is 19.9 Å². The molecule has 6 heteroatoms. The van der Waals surface area contributed by atoms with Crippen LogP contribution < -0.4 is 20.1 Å². The van der Waals surface area contributed by atoms with Gasteiger partial charge >= 0.3 is 0 Å². The van der Waals surface area contributed by atoms with E-state index in [1.165, 1.54) is 0 Å². The fourth-order valence-electron chi connectivity index (χ4n) is 2.67. The lowest BCUT2D eigenvalue weighted by atomic mass is 9.98. The minimum Gasteiger partial charge on any atom is -0.454 e. The molecule has 1 aromatic carbocycles. The molecular formula is C15H21ClN2O3. The van der Waals surface area contributed by atoms with Crippen molar-refractivity contribution in [1.82, 2.24) is 10.6 Å². The molecule has 1 saturated heterocycles. The summed E-state index contributed by atoms with van der Waals surface area (Å²) in [5.74, 6) is 1.73. The number of carbonyl (C=O) groups excluding carboxylic acids is 1. The van der Waals surface area contributed by atoms with Gasteiger partial charge in [-0.25, -0.2) is 0 Å². The van der Waals surface area contributed by atoms with E-state index in [0.717, 1.165) is 43.0 Å². The highest BCUT2D eigenvalue weighted by Gasteiger charge is 2.23. The summed E-state index contributed by atoms with van der Waals surface area (Å²) in [5.41, 5.74) is 1.03. The number of amides is 1. The Hall–Kier alpha value is -1.46. The molecular weight excluding hydrogens is 292 g/mol. The number of halogens is 1. The van der Waals surface area contributed by atoms with E-state index in [9.17, 15) is 4.79 Å². The molecule has 2 unspecified atom stereocenters. The molecule has 2 aliphatic heterocycles. The highest BCUT2D eigenvalue weighted by Crippen LogP contribution is 2.34. The molecule has 0 bridgehead atoms. The van der Waals surface area contributed by atoms with E-state index < -0.39 is 0 Å². The molecule has 21 heavy (non-hydrogen) atoms. The van der Waals surface area contributed by atoms with E-state index in [0.29, 0.717) is 0 Å². The second-order valence-corrected chi connectivity index (χ2v) is 5.39. The first-order valence-electron chi connectivity index (χ1n) is 7.14. The molecule has 1 amide bonds. The first-order chi connectivity index (χ1) is 9.74. The zero-order valence-electron chi connectivity index (χ0n) is 12.1. The van der Waals surface area contributed by atoms with E-state index in [4.69, 9.17) is 9.47 Å². The SMILES string of the molecule is CC(NC(=O)C1CCCNC1)c1ccc2c(c1)OCO2.Cl. The largest absolute Gasteiger partial charge is 0.454 e. The zero-order chi connectivity index (χ0) is 13.9. The number of fused-ring (bicyclic) bond motifs is 1. The Balaban J connectivity index is 0.00000161. The summed E-state index contributed by atoms with van der Waals surface area (Å²) >= 11 is 0. The van der Waals surface area contributed by atoms with E-state index in [1.807, 2.05) is 25.1 Å². The van der Waals surface area contributed by atoms with Crippen molar-refractivity contribution in [2.24, 2.45) is 5.92 Å². The number of rotatable bonds is 3. The molecule has 0 saturated carbocycles. The van der Waals surface area contributed by atoms with Crippen LogP contribution in [0.2, 0.25) is 0 Å². The number of nitrogens with one attached hydrogen (secondary N) is 2. The topological polar surface area (TPSA) is 59.6 Å². The Bertz CT molecular complexity index is 504. The van der Waals surface area contributed by atoms with Crippen molar-refractivity contribution in [3.05, 3.63) is 23.8 Å². The first-order valence-corrected chi connectivity index (χ1v) is 7.14. The normalized spacial score (nSPS) is 21.3. The number of carbonyl (C=O) groups is 1. The van der Waals surface area contributed by atoms with Crippen molar-refractivity contribution in [3.8, 4) is 11.5 Å². The first kappa shape index (κ1) is 15.9. The maximum Gasteiger partial charge on any atom is 0.231 e. The molecule has 0 spiro atoms. The Kier molecular flexibility index (Phi) is 5.31. The monoisotopic (exact) mass is 312 g/mol. The smallest absolute Gasteiger partial charge is 0.231 e. The number of piperidine rings is 1. The standard InChI is InChI=1S/C15H20N2O3.ClH/c1-10(17-15(18)12-3-2-6-16-8-12)11-4-5-13-14(7-11)20-9-19-13;/h4-5,7,10,12,16H,2-3,6,8-9H2,1H3,(H,17,18);1H. The molecule has 2 N–H and O–H groups in total. The average molecular weight is 313 g/mol. The van der Waals surface area contributed by atoms with Gasteiger partial charge in [-0.15, -0.1) is 12.4 Å². The lowest BCUT2D eigenvalue weighted by Gasteiger charge is -2.24. The zero-order valence-corrected chi connectivity index (χ0v) is 12.9. The summed E-state index contributed by atoms with van der Waals surface area (Å²) in [6, 6.07) is 5.77. The fourth-order valence-corrected chi connectivity index (χ4v) is 2.67. The quantitative estimate of drug-likeness (QED) is 0.896. The maximum absolute atomic E-state index is 12.2. The third kappa shape index (κ3) is 3.60. The highest BCUT2D eigenvalue weighted by molar-refractivity contribution is 5.85. The Labute approximate surface area is 130 Å². The van der Waals surface area contributed by atoms with E-state index in [-0.39, 0.29) is 37.1 Å². The molecule has 116 valence electrons. The van der Waals surface area contributed by atoms with Crippen LogP contribution in [0.15, 0.2) is 18.2 Å². The summed E-state index contributed by atoms with van der Waals surface area (Å²) in [7, 11) is 0. The van der Waals surface area contributed by atoms with E-state index in [1.54, 1.807) is 0 Å². The lowest BCUT2D eigenvalue weighted by molar-refractivity contribution is -0.126. The second-order valence-electron chi connectivity index (χ2n) is 5.39. The summed E-state index contributed by atoms with van der Waals surface area (Å²) in [4.78, 5) is 12.2. The molecule has 2 atom stereocenters. The summed E-state index contributed by atoms with van der Waals surface area (Å²) in [6.45, 7) is 4.06. The van der Waals surface area contributed by atoms with E-state index >= 15 is 0 Å². The van der Waals surface area contributed by atoms with Gasteiger partial charge < -0.3 is 20.1 Å². The predicted octanol–water partition coefficient (Wildman–Crippen LogP) is 2.01. The minimum absolute atomic E-state index is 0. The second kappa shape index (κ2) is 7.00. The van der Waals surface area contributed by atoms with Crippen molar-refractivity contribution in [3.63, 3.8) is 0 Å². The van der Waals surface area contributed by atoms with Crippen LogP contribution in [0.5, 0.6) is 11.5 Å². The van der Waals surface area contributed by atoms with Crippen molar-refractivity contribution in [1.29, 1.82) is 0 Å². The summed E-state index contributed by atoms with van der Waals surface area (Å²) in [6.07, 6.45) is 2.03. The van der Waals surface area contributed by atoms with Gasteiger partial charge in [0.1, 0.15) is 0 Å². The molecule has 2 heterocycles. The van der Waals surface area contributed by atoms with Crippen LogP contribution in [0, 0.1) is 5.92 Å². The van der Waals surface area contributed by atoms with Gasteiger partial charge in [-0.2, -0.15) is 0 Å². The number of hydrogen-bond acceptors (Lipinski definition) is 4. The minimum atomic E-state index is -0.0288. The molecule has 0 aliphatic carbocycles. The molecule has 2 aliphatic rings. The Morgan fingerprint density at radius 1 is 1.38 bits per heavy atom. The number of benzene rings is 1. The summed E-state index contributed by atoms with van der Waals surface area (Å²) < 4.78 is 10.7. The van der Waals surface area contributed by atoms with Gasteiger partial charge in [-0.1, -0.05) is 6.07 Å². The molecule has 3 rings (SSSR count). The van der Waals surface area contributed by atoms with Crippen LogP contribution in [0.3, 0.4) is 0 Å². The van der Waals surface area contributed by atoms with Crippen molar-refractivity contribution >= 4 is 18.3 Å². The molecule has 1 aromatic rings. The third-order valence-corrected chi connectivity index (χ3v) is 3.92. The van der Waals surface area contributed by atoms with Gasteiger partial charge in [-0.3, -0.25) is 4.79 Å². The van der Waals surface area contributed by atoms with E-state index in [2.05, 4.69) is 10.6 Å². The molecule has 5 nitrogen and oxygen atoms in total. The van der Waals surface area contributed by atoms with Gasteiger partial charge in [0.2, 0.25) is 12.7 Å². The summed E-state index contributed by atoms with van der Waals surface area (Å²) in [5, 5.41) is 6.35. The maximum atomic E-state index is 12.2. The van der Waals surface area contributed by atoms with Crippen LogP contribution in [0.25, 0.3) is 0 Å². The van der Waals surface area contributed by atoms with Gasteiger partial charge in [-0.05, 0) is 44.0 Å². The van der Waals surface area contributed by atoms with Crippen LogP contribution in [-0.4, -0.2) is 25.8 Å². The van der Waals surface area contributed by atoms with Crippen LogP contribution in [0.1, 0.15) is 31.4 Å². The highest BCUT2D eigenvalue weighted by atomic mass is 35.5. The number of ether oxygens (including phenoxy) is 2. The van der Waals surface area contributed by atoms with Gasteiger partial charge in [0.15, 0.2) is 11.5 Å². The lowest BCUT2D eigenvalue weighted by Crippen LogP contribution is -2.41. The van der Waals surface area contributed by atoms with Crippen LogP contribution >= 0.6 is 12.4 Å². The van der Waals surface area contributed by atoms with Crippen LogP contribution in [-0.2, 0) is 4.79 Å². The fraction of sp³-hybridized carbons (Fsp3) is 0.533. The van der Waals surface area contributed by atoms with Crippen molar-refractivity contribution in [2.45, 2.75) is 25.8 Å². The van der Waals surface area contributed by atoms with Gasteiger partial charge in [0, 0.05) is 6.54 Å². The van der Waals surface area contributed by atoms with Crippen LogP contribution in [0.4, 0.5) is 0 Å². The Morgan fingerprint density at radius 3 is 2.95 bits per heavy atom. The predicted molar refractivity (Wildman–Crippen MR) is 82.0 cm³/mol. The molecule has 1 fully saturated rings. The van der Waals surface area contributed by atoms with Gasteiger partial charge in [0.05, 0.1) is 12.0 Å².